The molecule has 0 atom stereocenters. The number of nitrogens with one attached hydrogen (secondary N) is 1. The first-order chi connectivity index (χ1) is 8.60. The zero-order valence-corrected chi connectivity index (χ0v) is 12.6. The molecule has 0 amide bonds. The maximum Gasteiger partial charge on any atom is 0.0628 e. The van der Waals surface area contributed by atoms with E-state index in [0.29, 0.717) is 0 Å². The molecule has 0 aliphatic rings. The largest absolute Gasteiger partial charge is 0.315 e. The highest BCUT2D eigenvalue weighted by molar-refractivity contribution is 5.24. The fourth-order valence-corrected chi connectivity index (χ4v) is 2.29. The van der Waals surface area contributed by atoms with E-state index in [-0.39, 0.29) is 0 Å². The molecule has 1 heterocycles. The highest BCUT2D eigenvalue weighted by Gasteiger charge is 2.08. The Hall–Kier alpha value is -0.870. The molecule has 0 fully saturated rings. The first-order valence-electron chi connectivity index (χ1n) is 7.02. The minimum Gasteiger partial charge on any atom is -0.315 e. The minimum atomic E-state index is 1.04. The van der Waals surface area contributed by atoms with Crippen molar-refractivity contribution < 1.29 is 0 Å². The van der Waals surface area contributed by atoms with Crippen molar-refractivity contribution >= 4 is 0 Å². The molecule has 1 rings (SSSR count). The molecule has 1 N–H and O–H groups in total. The van der Waals surface area contributed by atoms with Crippen molar-refractivity contribution in [2.45, 2.75) is 34.1 Å². The van der Waals surface area contributed by atoms with Gasteiger partial charge < -0.3 is 10.2 Å². The van der Waals surface area contributed by atoms with E-state index < -0.39 is 0 Å². The van der Waals surface area contributed by atoms with E-state index in [9.17, 15) is 0 Å². The van der Waals surface area contributed by atoms with Gasteiger partial charge in [0, 0.05) is 25.8 Å². The number of aromatic nitrogens is 2. The first-order valence-corrected chi connectivity index (χ1v) is 7.02. The average Bonchev–Trinajstić information content (AvgIpc) is 2.59. The van der Waals surface area contributed by atoms with Gasteiger partial charge in [-0.15, -0.1) is 0 Å². The smallest absolute Gasteiger partial charge is 0.0628 e. The third kappa shape index (κ3) is 4.10. The molecule has 4 heteroatoms. The number of likely N-dealkylation sites (N-methyl/N-ethyl adjacent to an activating group) is 1. The number of hydrogen-bond acceptors (Lipinski definition) is 3. The zero-order valence-electron chi connectivity index (χ0n) is 12.6. The van der Waals surface area contributed by atoms with Gasteiger partial charge in [0.05, 0.1) is 5.69 Å². The van der Waals surface area contributed by atoms with Gasteiger partial charge in [-0.2, -0.15) is 5.10 Å². The van der Waals surface area contributed by atoms with E-state index in [2.05, 4.69) is 43.0 Å². The summed E-state index contributed by atoms with van der Waals surface area (Å²) in [4.78, 5) is 2.44. The van der Waals surface area contributed by atoms with Crippen molar-refractivity contribution in [2.75, 3.05) is 32.7 Å². The molecule has 0 spiro atoms. The van der Waals surface area contributed by atoms with Gasteiger partial charge in [-0.3, -0.25) is 4.68 Å². The molecular weight excluding hydrogens is 224 g/mol. The standard InChI is InChI=1S/C14H28N4/c1-6-18(7-2)11-10-15-9-8-14-12(3)16-17(5)13(14)4/h15H,6-11H2,1-5H3. The Labute approximate surface area is 111 Å². The van der Waals surface area contributed by atoms with Crippen LogP contribution in [-0.2, 0) is 13.5 Å². The summed E-state index contributed by atoms with van der Waals surface area (Å²) in [5, 5.41) is 7.96. The maximum atomic E-state index is 4.44. The lowest BCUT2D eigenvalue weighted by Crippen LogP contribution is -2.32. The molecule has 0 aliphatic heterocycles. The molecule has 0 bridgehead atoms. The van der Waals surface area contributed by atoms with Crippen LogP contribution in [0.3, 0.4) is 0 Å². The monoisotopic (exact) mass is 252 g/mol. The van der Waals surface area contributed by atoms with Crippen LogP contribution in [0.5, 0.6) is 0 Å². The summed E-state index contributed by atoms with van der Waals surface area (Å²) in [5.41, 5.74) is 3.85. The summed E-state index contributed by atoms with van der Waals surface area (Å²) in [5.74, 6) is 0. The van der Waals surface area contributed by atoms with E-state index >= 15 is 0 Å². The predicted molar refractivity (Wildman–Crippen MR) is 77.0 cm³/mol. The Morgan fingerprint density at radius 2 is 1.83 bits per heavy atom. The lowest BCUT2D eigenvalue weighted by atomic mass is 10.1. The Morgan fingerprint density at radius 1 is 1.17 bits per heavy atom. The third-order valence-corrected chi connectivity index (χ3v) is 3.71. The number of aryl methyl sites for hydroxylation is 2. The van der Waals surface area contributed by atoms with Crippen LogP contribution in [0.1, 0.15) is 30.8 Å². The third-order valence-electron chi connectivity index (χ3n) is 3.71. The van der Waals surface area contributed by atoms with Crippen LogP contribution in [-0.4, -0.2) is 47.4 Å². The van der Waals surface area contributed by atoms with Gasteiger partial charge in [0.15, 0.2) is 0 Å². The second-order valence-corrected chi connectivity index (χ2v) is 4.80. The summed E-state index contributed by atoms with van der Waals surface area (Å²) in [6.45, 7) is 14.2. The fourth-order valence-electron chi connectivity index (χ4n) is 2.29. The van der Waals surface area contributed by atoms with Gasteiger partial charge in [-0.25, -0.2) is 0 Å². The average molecular weight is 252 g/mol. The first kappa shape index (κ1) is 15.2. The molecule has 1 aromatic heterocycles. The van der Waals surface area contributed by atoms with E-state index in [1.165, 1.54) is 17.0 Å². The van der Waals surface area contributed by atoms with Gasteiger partial charge in [-0.05, 0) is 45.5 Å². The molecule has 0 aliphatic carbocycles. The summed E-state index contributed by atoms with van der Waals surface area (Å²) in [6, 6.07) is 0. The topological polar surface area (TPSA) is 33.1 Å². The summed E-state index contributed by atoms with van der Waals surface area (Å²) in [6.07, 6.45) is 1.07. The van der Waals surface area contributed by atoms with E-state index in [0.717, 1.165) is 39.1 Å². The summed E-state index contributed by atoms with van der Waals surface area (Å²) >= 11 is 0. The van der Waals surface area contributed by atoms with Crippen molar-refractivity contribution in [3.8, 4) is 0 Å². The Kier molecular flexibility index (Phi) is 6.36. The lowest BCUT2D eigenvalue weighted by Gasteiger charge is -2.17. The van der Waals surface area contributed by atoms with Gasteiger partial charge >= 0.3 is 0 Å². The van der Waals surface area contributed by atoms with Crippen molar-refractivity contribution in [3.05, 3.63) is 17.0 Å². The van der Waals surface area contributed by atoms with E-state index in [4.69, 9.17) is 0 Å². The van der Waals surface area contributed by atoms with Crippen molar-refractivity contribution in [2.24, 2.45) is 7.05 Å². The Balaban J connectivity index is 2.26. The van der Waals surface area contributed by atoms with Crippen molar-refractivity contribution in [1.82, 2.24) is 20.0 Å². The molecule has 18 heavy (non-hydrogen) atoms. The Bertz CT molecular complexity index is 353. The molecule has 0 saturated heterocycles. The second-order valence-electron chi connectivity index (χ2n) is 4.80. The molecule has 0 unspecified atom stereocenters. The minimum absolute atomic E-state index is 1.04. The molecule has 0 aromatic carbocycles. The number of nitrogens with zero attached hydrogens (tertiary/aromatic N) is 3. The van der Waals surface area contributed by atoms with Crippen LogP contribution in [0, 0.1) is 13.8 Å². The highest BCUT2D eigenvalue weighted by atomic mass is 15.3. The van der Waals surface area contributed by atoms with Crippen molar-refractivity contribution in [3.63, 3.8) is 0 Å². The molecule has 104 valence electrons. The van der Waals surface area contributed by atoms with Gasteiger partial charge in [0.1, 0.15) is 0 Å². The van der Waals surface area contributed by atoms with E-state index in [1.54, 1.807) is 0 Å². The number of hydrogen-bond donors (Lipinski definition) is 1. The summed E-state index contributed by atoms with van der Waals surface area (Å²) in [7, 11) is 2.01. The van der Waals surface area contributed by atoms with Crippen LogP contribution < -0.4 is 5.32 Å². The zero-order chi connectivity index (χ0) is 13.5. The van der Waals surface area contributed by atoms with Gasteiger partial charge in [0.2, 0.25) is 0 Å². The van der Waals surface area contributed by atoms with Crippen LogP contribution in [0.15, 0.2) is 0 Å². The van der Waals surface area contributed by atoms with Crippen LogP contribution in [0.25, 0.3) is 0 Å². The van der Waals surface area contributed by atoms with Gasteiger partial charge in [0.25, 0.3) is 0 Å². The van der Waals surface area contributed by atoms with Crippen LogP contribution in [0.2, 0.25) is 0 Å². The van der Waals surface area contributed by atoms with Crippen LogP contribution in [0.4, 0.5) is 0 Å². The van der Waals surface area contributed by atoms with Gasteiger partial charge in [-0.1, -0.05) is 13.8 Å². The molecule has 4 nitrogen and oxygen atoms in total. The SMILES string of the molecule is CCN(CC)CCNCCc1c(C)nn(C)c1C. The molecule has 0 saturated carbocycles. The quantitative estimate of drug-likeness (QED) is 0.712. The normalized spacial score (nSPS) is 11.4. The van der Waals surface area contributed by atoms with E-state index in [1.807, 2.05) is 11.7 Å². The highest BCUT2D eigenvalue weighted by Crippen LogP contribution is 2.11. The van der Waals surface area contributed by atoms with Crippen LogP contribution >= 0.6 is 0 Å². The molecule has 0 radical (unpaired) electrons. The van der Waals surface area contributed by atoms with Crippen molar-refractivity contribution in [1.29, 1.82) is 0 Å². The summed E-state index contributed by atoms with van der Waals surface area (Å²) < 4.78 is 1.97. The lowest BCUT2D eigenvalue weighted by molar-refractivity contribution is 0.303. The second kappa shape index (κ2) is 7.54. The predicted octanol–water partition coefficient (Wildman–Crippen LogP) is 1.51. The molecule has 1 aromatic rings. The maximum absolute atomic E-state index is 4.44. The fraction of sp³-hybridized carbons (Fsp3) is 0.786. The molecular formula is C14H28N4. The Morgan fingerprint density at radius 3 is 2.33 bits per heavy atom. The number of rotatable bonds is 8.